The summed E-state index contributed by atoms with van der Waals surface area (Å²) in [6, 6.07) is 9.52. The third-order valence-electron chi connectivity index (χ3n) is 4.66. The predicted octanol–water partition coefficient (Wildman–Crippen LogP) is 3.13. The zero-order valence-corrected chi connectivity index (χ0v) is 21.2. The highest BCUT2D eigenvalue weighted by Crippen LogP contribution is 2.39. The van der Waals surface area contributed by atoms with Crippen molar-refractivity contribution in [2.24, 2.45) is 10.1 Å². The second kappa shape index (κ2) is 9.21. The van der Waals surface area contributed by atoms with Crippen molar-refractivity contribution in [3.05, 3.63) is 67.2 Å². The molecule has 0 radical (unpaired) electrons. The van der Waals surface area contributed by atoms with Gasteiger partial charge in [0.25, 0.3) is 5.91 Å². The molecule has 1 amide bonds. The number of nitrogens with one attached hydrogen (secondary N) is 1. The van der Waals surface area contributed by atoms with Gasteiger partial charge in [-0.1, -0.05) is 33.8 Å². The number of rotatable bonds is 5. The quantitative estimate of drug-likeness (QED) is 0.415. The number of ether oxygens (including phenoxy) is 2. The fourth-order valence-corrected chi connectivity index (χ4v) is 5.15. The van der Waals surface area contributed by atoms with Gasteiger partial charge in [-0.3, -0.25) is 15.1 Å². The smallest absolute Gasteiger partial charge is 0.276 e. The van der Waals surface area contributed by atoms with Crippen LogP contribution in [0.25, 0.3) is 5.70 Å². The molecule has 2 aliphatic rings. The lowest BCUT2D eigenvalue weighted by Gasteiger charge is -2.34. The van der Waals surface area contributed by atoms with Crippen LogP contribution in [0.2, 0.25) is 0 Å². The summed E-state index contributed by atoms with van der Waals surface area (Å²) in [6.07, 6.45) is 1.22. The fourth-order valence-electron chi connectivity index (χ4n) is 3.36. The second-order valence-electron chi connectivity index (χ2n) is 6.55. The van der Waals surface area contributed by atoms with Crippen molar-refractivity contribution in [2.75, 3.05) is 20.0 Å². The van der Waals surface area contributed by atoms with Crippen LogP contribution in [0.15, 0.2) is 57.6 Å². The van der Waals surface area contributed by atoms with Gasteiger partial charge in [-0.05, 0) is 52.9 Å². The van der Waals surface area contributed by atoms with E-state index in [1.54, 1.807) is 25.3 Å². The highest BCUT2D eigenvalue weighted by atomic mass is 127. The van der Waals surface area contributed by atoms with Gasteiger partial charge in [0, 0.05) is 21.0 Å². The molecule has 0 aromatic heterocycles. The molecule has 10 heteroatoms. The number of benzene rings is 2. The van der Waals surface area contributed by atoms with E-state index in [1.807, 2.05) is 30.3 Å². The van der Waals surface area contributed by atoms with Crippen LogP contribution in [-0.4, -0.2) is 36.1 Å². The van der Waals surface area contributed by atoms with E-state index in [2.05, 4.69) is 50.4 Å². The molecule has 31 heavy (non-hydrogen) atoms. The molecule has 4 rings (SSSR count). The summed E-state index contributed by atoms with van der Waals surface area (Å²) in [4.78, 5) is 18.1. The lowest BCUT2D eigenvalue weighted by molar-refractivity contribution is -0.116. The highest BCUT2D eigenvalue weighted by molar-refractivity contribution is 14.1. The predicted molar refractivity (Wildman–Crippen MR) is 133 cm³/mol. The minimum atomic E-state index is -0.539. The molecule has 0 spiro atoms. The first-order valence-corrected chi connectivity index (χ1v) is 12.0. The van der Waals surface area contributed by atoms with Gasteiger partial charge in [0.2, 0.25) is 0 Å². The van der Waals surface area contributed by atoms with Crippen LogP contribution < -0.4 is 25.4 Å². The summed E-state index contributed by atoms with van der Waals surface area (Å²) in [6.45, 7) is 3.74. The van der Waals surface area contributed by atoms with E-state index in [0.717, 1.165) is 24.2 Å². The monoisotopic (exact) mass is 612 g/mol. The SMILES string of the molecule is C=CCSC1=NN2C(=c3cc(Br)ccc3=N[C@H]2c2cc(I)c(OC)c(OC)c2)C(=O)N1. The number of hydrogen-bond acceptors (Lipinski definition) is 7. The molecule has 2 aromatic rings. The first kappa shape index (κ1) is 22.2. The molecule has 1 atom stereocenters. The Labute approximate surface area is 205 Å². The third-order valence-corrected chi connectivity index (χ3v) is 6.82. The zero-order valence-electron chi connectivity index (χ0n) is 16.7. The van der Waals surface area contributed by atoms with Gasteiger partial charge in [0.15, 0.2) is 22.8 Å². The number of amides is 1. The second-order valence-corrected chi connectivity index (χ2v) is 9.64. The van der Waals surface area contributed by atoms with Crippen molar-refractivity contribution in [3.8, 4) is 11.5 Å². The summed E-state index contributed by atoms with van der Waals surface area (Å²) < 4.78 is 12.7. The molecule has 0 unspecified atom stereocenters. The topological polar surface area (TPSA) is 75.5 Å². The number of nitrogens with zero attached hydrogens (tertiary/aromatic N) is 3. The van der Waals surface area contributed by atoms with Crippen molar-refractivity contribution in [2.45, 2.75) is 6.17 Å². The molecule has 0 bridgehead atoms. The van der Waals surface area contributed by atoms with Crippen LogP contribution in [0.3, 0.4) is 0 Å². The molecular formula is C21H18BrIN4O3S. The minimum Gasteiger partial charge on any atom is -0.493 e. The molecule has 0 aliphatic carbocycles. The molecular weight excluding hydrogens is 595 g/mol. The van der Waals surface area contributed by atoms with Crippen LogP contribution in [-0.2, 0) is 4.79 Å². The van der Waals surface area contributed by atoms with E-state index in [0.29, 0.717) is 28.1 Å². The van der Waals surface area contributed by atoms with E-state index in [4.69, 9.17) is 19.6 Å². The molecule has 0 saturated carbocycles. The Morgan fingerprint density at radius 1 is 1.32 bits per heavy atom. The normalized spacial score (nSPS) is 17.1. The van der Waals surface area contributed by atoms with Crippen LogP contribution in [0.5, 0.6) is 11.5 Å². The average molecular weight is 613 g/mol. The number of halogens is 2. The number of hydrogen-bond donors (Lipinski definition) is 1. The number of thioether (sulfide) groups is 1. The first-order valence-electron chi connectivity index (χ1n) is 9.18. The summed E-state index contributed by atoms with van der Waals surface area (Å²) in [7, 11) is 3.20. The Balaban J connectivity index is 1.94. The molecule has 160 valence electrons. The Hall–Kier alpha value is -2.05. The van der Waals surface area contributed by atoms with E-state index >= 15 is 0 Å². The van der Waals surface area contributed by atoms with E-state index in [1.165, 1.54) is 11.8 Å². The van der Waals surface area contributed by atoms with Crippen LogP contribution in [0.1, 0.15) is 11.7 Å². The number of hydrazone groups is 1. The Morgan fingerprint density at radius 3 is 2.84 bits per heavy atom. The Kier molecular flexibility index (Phi) is 6.58. The van der Waals surface area contributed by atoms with Crippen molar-refractivity contribution >= 4 is 67.1 Å². The molecule has 7 nitrogen and oxygen atoms in total. The van der Waals surface area contributed by atoms with Gasteiger partial charge in [-0.25, -0.2) is 5.01 Å². The highest BCUT2D eigenvalue weighted by Gasteiger charge is 2.35. The molecule has 2 aliphatic heterocycles. The standard InChI is InChI=1S/C21H18BrIN4O3S/c1-4-7-31-21-25-20(28)17-13-10-12(22)5-6-15(13)24-19(27(17)26-21)11-8-14(23)18(30-3)16(9-11)29-2/h4-6,8-10,19H,1,7H2,2-3H3,(H,25,26,28)/t19-/m1/s1. The maximum absolute atomic E-state index is 13.1. The van der Waals surface area contributed by atoms with E-state index in [9.17, 15) is 4.79 Å². The first-order chi connectivity index (χ1) is 15.0. The third kappa shape index (κ3) is 4.20. The molecule has 0 fully saturated rings. The maximum atomic E-state index is 13.1. The maximum Gasteiger partial charge on any atom is 0.276 e. The van der Waals surface area contributed by atoms with Gasteiger partial charge in [-0.2, -0.15) is 0 Å². The van der Waals surface area contributed by atoms with Crippen molar-refractivity contribution in [3.63, 3.8) is 0 Å². The summed E-state index contributed by atoms with van der Waals surface area (Å²) >= 11 is 7.09. The summed E-state index contributed by atoms with van der Waals surface area (Å²) in [5.41, 5.74) is 1.28. The number of fused-ring (bicyclic) bond motifs is 2. The Bertz CT molecular complexity index is 1230. The number of methoxy groups -OCH3 is 2. The van der Waals surface area contributed by atoms with Gasteiger partial charge < -0.3 is 9.47 Å². The Morgan fingerprint density at radius 2 is 2.13 bits per heavy atom. The van der Waals surface area contributed by atoms with Crippen LogP contribution in [0, 0.1) is 3.57 Å². The molecule has 2 heterocycles. The van der Waals surface area contributed by atoms with E-state index < -0.39 is 6.17 Å². The number of amidine groups is 1. The minimum absolute atomic E-state index is 0.226. The lowest BCUT2D eigenvalue weighted by atomic mass is 10.1. The van der Waals surface area contributed by atoms with E-state index in [-0.39, 0.29) is 5.91 Å². The zero-order chi connectivity index (χ0) is 22.1. The summed E-state index contributed by atoms with van der Waals surface area (Å²) in [5.74, 6) is 1.64. The molecule has 2 aromatic carbocycles. The average Bonchev–Trinajstić information content (AvgIpc) is 2.76. The van der Waals surface area contributed by atoms with Crippen molar-refractivity contribution in [1.82, 2.24) is 10.3 Å². The number of carbonyl (C=O) groups excluding carboxylic acids is 1. The molecule has 1 N–H and O–H groups in total. The van der Waals surface area contributed by atoms with Crippen LogP contribution >= 0.6 is 50.3 Å². The number of carbonyl (C=O) groups is 1. The molecule has 0 saturated heterocycles. The van der Waals surface area contributed by atoms with Gasteiger partial charge in [0.05, 0.1) is 23.1 Å². The summed E-state index contributed by atoms with van der Waals surface area (Å²) in [5, 5.41) is 11.2. The van der Waals surface area contributed by atoms with Gasteiger partial charge in [-0.15, -0.1) is 11.7 Å². The van der Waals surface area contributed by atoms with Crippen LogP contribution in [0.4, 0.5) is 0 Å². The van der Waals surface area contributed by atoms with Crippen molar-refractivity contribution < 1.29 is 14.3 Å². The van der Waals surface area contributed by atoms with Gasteiger partial charge >= 0.3 is 0 Å². The fraction of sp³-hybridized carbons (Fsp3) is 0.190. The van der Waals surface area contributed by atoms with Gasteiger partial charge in [0.1, 0.15) is 5.70 Å². The largest absolute Gasteiger partial charge is 0.493 e. The lowest BCUT2D eigenvalue weighted by Crippen LogP contribution is -2.50. The van der Waals surface area contributed by atoms with Crippen molar-refractivity contribution in [1.29, 1.82) is 0 Å².